The maximum absolute atomic E-state index is 10.1. The number of carboxylic acids is 1. The molecule has 0 unspecified atom stereocenters. The molecule has 0 radical (unpaired) electrons. The highest BCUT2D eigenvalue weighted by Gasteiger charge is 2.14. The Hall–Kier alpha value is -2.93. The highest BCUT2D eigenvalue weighted by Crippen LogP contribution is 2.35. The van der Waals surface area contributed by atoms with Gasteiger partial charge in [0.15, 0.2) is 5.11 Å². The normalized spacial score (nSPS) is 10.8. The van der Waals surface area contributed by atoms with E-state index >= 15 is 0 Å². The monoisotopic (exact) mass is 538 g/mol. The fraction of sp³-hybridized carbons (Fsp3) is 0.516. The molecule has 0 fully saturated rings. The van der Waals surface area contributed by atoms with Gasteiger partial charge in [0.25, 0.3) is 0 Å². The van der Waals surface area contributed by atoms with Gasteiger partial charge in [-0.2, -0.15) is 0 Å². The molecule has 0 saturated heterocycles. The molecule has 0 aromatic heterocycles. The van der Waals surface area contributed by atoms with Crippen LogP contribution in [0.15, 0.2) is 42.5 Å². The van der Waals surface area contributed by atoms with Crippen LogP contribution in [0.25, 0.3) is 22.2 Å². The summed E-state index contributed by atoms with van der Waals surface area (Å²) in [7, 11) is 0. The van der Waals surface area contributed by atoms with E-state index in [1.54, 1.807) is 0 Å². The molecule has 0 amide bonds. The van der Waals surface area contributed by atoms with Crippen molar-refractivity contribution >= 4 is 45.6 Å². The Labute approximate surface area is 234 Å². The zero-order chi connectivity index (χ0) is 27.8. The number of carbonyl (C=O) groups is 1. The van der Waals surface area contributed by atoms with Crippen molar-refractivity contribution in [3.63, 3.8) is 0 Å². The number of nitrogens with zero attached hydrogens (tertiary/aromatic N) is 1. The molecule has 1 aliphatic heterocycles. The maximum Gasteiger partial charge on any atom is 0.303 e. The van der Waals surface area contributed by atoms with E-state index in [0.29, 0.717) is 17.5 Å². The van der Waals surface area contributed by atoms with Gasteiger partial charge < -0.3 is 21.1 Å². The number of carboxylic acid groups (broad SMARTS) is 1. The van der Waals surface area contributed by atoms with E-state index in [4.69, 9.17) is 22.3 Å². The molecule has 2 aliphatic rings. The van der Waals surface area contributed by atoms with Gasteiger partial charge in [-0.05, 0) is 49.2 Å². The molecule has 3 rings (SSSR count). The summed E-state index contributed by atoms with van der Waals surface area (Å²) in [5, 5.41) is 20.1. The van der Waals surface area contributed by atoms with Crippen LogP contribution in [-0.4, -0.2) is 34.3 Å². The number of fused-ring (bicyclic) bond motifs is 3. The van der Waals surface area contributed by atoms with Crippen molar-refractivity contribution in [2.45, 2.75) is 85.5 Å². The van der Waals surface area contributed by atoms with Gasteiger partial charge in [-0.25, -0.2) is 4.98 Å². The van der Waals surface area contributed by atoms with E-state index < -0.39 is 5.97 Å². The van der Waals surface area contributed by atoms with E-state index in [1.165, 1.54) is 37.5 Å². The van der Waals surface area contributed by atoms with Crippen LogP contribution in [-0.2, 0) is 4.79 Å². The highest BCUT2D eigenvalue weighted by atomic mass is 32.1. The molecular weight excluding hydrogens is 492 g/mol. The van der Waals surface area contributed by atoms with Gasteiger partial charge in [-0.1, -0.05) is 90.5 Å². The molecule has 4 N–H and O–H groups in total. The maximum atomic E-state index is 10.1. The smallest absolute Gasteiger partial charge is 0.303 e. The van der Waals surface area contributed by atoms with Gasteiger partial charge in [-0.15, -0.1) is 0 Å². The van der Waals surface area contributed by atoms with Crippen molar-refractivity contribution < 1.29 is 9.90 Å². The number of hydrogen-bond donors (Lipinski definition) is 4. The summed E-state index contributed by atoms with van der Waals surface area (Å²) in [5.74, 6) is -0.0802. The number of nitrogens with one attached hydrogen (secondary N) is 3. The summed E-state index contributed by atoms with van der Waals surface area (Å²) in [4.78, 5) is 15.0. The number of rotatable bonds is 14. The largest absolute Gasteiger partial charge is 0.481 e. The van der Waals surface area contributed by atoms with Crippen molar-refractivity contribution in [2.24, 2.45) is 5.92 Å². The Bertz CT molecular complexity index is 1100. The van der Waals surface area contributed by atoms with Crippen molar-refractivity contribution in [2.75, 3.05) is 23.7 Å². The second-order valence-electron chi connectivity index (χ2n) is 10.2. The van der Waals surface area contributed by atoms with Crippen molar-refractivity contribution in [3.05, 3.63) is 42.5 Å². The van der Waals surface area contributed by atoms with Crippen LogP contribution in [0.2, 0.25) is 0 Å². The van der Waals surface area contributed by atoms with Crippen LogP contribution in [0.4, 0.5) is 11.4 Å². The number of anilines is 2. The summed E-state index contributed by atoms with van der Waals surface area (Å²) < 4.78 is 0. The lowest BCUT2D eigenvalue weighted by atomic mass is 10.1. The molecule has 208 valence electrons. The van der Waals surface area contributed by atoms with E-state index in [0.717, 1.165) is 60.5 Å². The molecule has 0 atom stereocenters. The molecule has 0 saturated carbocycles. The molecule has 0 spiro atoms. The molecule has 1 aromatic rings. The molecule has 1 heterocycles. The minimum absolute atomic E-state index is 0.341. The first-order valence-corrected chi connectivity index (χ1v) is 14.6. The first-order chi connectivity index (χ1) is 18.3. The summed E-state index contributed by atoms with van der Waals surface area (Å²) >= 11 is 5.35. The van der Waals surface area contributed by atoms with Gasteiger partial charge in [0.1, 0.15) is 0 Å². The molecular formula is C31H46N4O2S. The highest BCUT2D eigenvalue weighted by molar-refractivity contribution is 7.80. The van der Waals surface area contributed by atoms with Crippen molar-refractivity contribution in [1.82, 2.24) is 10.3 Å². The second-order valence-corrected chi connectivity index (χ2v) is 10.6. The molecule has 6 nitrogen and oxygen atoms in total. The zero-order valence-corrected chi connectivity index (χ0v) is 24.4. The SMILES string of the molecule is CCCCCCCCCC(=O)O.CCCNC(=S)Nc1cccc2c3cccc(NCC(C)C)c3nc-2c1. The predicted octanol–water partition coefficient (Wildman–Crippen LogP) is 8.32. The third-order valence-electron chi connectivity index (χ3n) is 6.15. The van der Waals surface area contributed by atoms with Gasteiger partial charge in [0.05, 0.1) is 16.9 Å². The van der Waals surface area contributed by atoms with Crippen molar-refractivity contribution in [1.29, 1.82) is 0 Å². The number of thiocarbonyl (C=S) groups is 1. The third kappa shape index (κ3) is 11.2. The van der Waals surface area contributed by atoms with Crippen LogP contribution in [0.1, 0.15) is 85.5 Å². The number of benzene rings is 1. The van der Waals surface area contributed by atoms with Crippen LogP contribution < -0.4 is 16.0 Å². The Kier molecular flexibility index (Phi) is 14.5. The van der Waals surface area contributed by atoms with E-state index in [9.17, 15) is 4.79 Å². The van der Waals surface area contributed by atoms with E-state index in [-0.39, 0.29) is 0 Å². The van der Waals surface area contributed by atoms with Gasteiger partial charge in [0, 0.05) is 36.1 Å². The fourth-order valence-corrected chi connectivity index (χ4v) is 4.33. The standard InChI is InChI=1S/C21H26N4S.C10H20O2/c1-4-11-22-21(26)24-15-7-5-8-16-17-9-6-10-18(23-13-14(2)3)20(17)25-19(16)12-15;1-2-3-4-5-6-7-8-9-10(11)12/h5-10,12,14,23H,4,11,13H2,1-3H3,(H2,22,24,26);2-9H2,1H3,(H,11,12). The Morgan fingerprint density at radius 3 is 2.37 bits per heavy atom. The molecule has 1 aromatic carbocycles. The Morgan fingerprint density at radius 1 is 0.974 bits per heavy atom. The first kappa shape index (κ1) is 31.3. The fourth-order valence-electron chi connectivity index (χ4n) is 4.11. The third-order valence-corrected chi connectivity index (χ3v) is 6.40. The van der Waals surface area contributed by atoms with Crippen molar-refractivity contribution in [3.8, 4) is 11.3 Å². The molecule has 7 heteroatoms. The number of para-hydroxylation sites is 1. The topological polar surface area (TPSA) is 86.3 Å². The lowest BCUT2D eigenvalue weighted by molar-refractivity contribution is -0.137. The Morgan fingerprint density at radius 2 is 1.68 bits per heavy atom. The first-order valence-electron chi connectivity index (χ1n) is 14.2. The molecule has 38 heavy (non-hydrogen) atoms. The second kappa shape index (κ2) is 17.6. The van der Waals surface area contributed by atoms with Gasteiger partial charge in [-0.3, -0.25) is 4.79 Å². The van der Waals surface area contributed by atoms with E-state index in [2.05, 4.69) is 74.0 Å². The lowest BCUT2D eigenvalue weighted by Gasteiger charge is -2.09. The van der Waals surface area contributed by atoms with E-state index in [1.807, 2.05) is 12.1 Å². The number of hydrogen-bond acceptors (Lipinski definition) is 4. The summed E-state index contributed by atoms with van der Waals surface area (Å²) in [5.41, 5.74) is 5.16. The zero-order valence-electron chi connectivity index (χ0n) is 23.6. The van der Waals surface area contributed by atoms with Crippen LogP contribution >= 0.6 is 12.2 Å². The van der Waals surface area contributed by atoms with Crippen LogP contribution in [0.5, 0.6) is 0 Å². The number of aromatic nitrogens is 1. The summed E-state index contributed by atoms with van der Waals surface area (Å²) in [6, 6.07) is 14.6. The van der Waals surface area contributed by atoms with Gasteiger partial charge in [0.2, 0.25) is 0 Å². The van der Waals surface area contributed by atoms with Crippen LogP contribution in [0.3, 0.4) is 0 Å². The Balaban J connectivity index is 0.000000358. The quantitative estimate of drug-likeness (QED) is 0.121. The molecule has 1 aliphatic carbocycles. The number of aliphatic carboxylic acids is 1. The predicted molar refractivity (Wildman–Crippen MR) is 166 cm³/mol. The average molecular weight is 539 g/mol. The minimum Gasteiger partial charge on any atom is -0.481 e. The van der Waals surface area contributed by atoms with Gasteiger partial charge >= 0.3 is 5.97 Å². The average Bonchev–Trinajstić information content (AvgIpc) is 3.11. The summed E-state index contributed by atoms with van der Waals surface area (Å²) in [6.45, 7) is 10.5. The lowest BCUT2D eigenvalue weighted by Crippen LogP contribution is -2.28. The molecule has 0 bridgehead atoms. The summed E-state index contributed by atoms with van der Waals surface area (Å²) in [6.07, 6.45) is 9.68. The minimum atomic E-state index is -0.663. The van der Waals surface area contributed by atoms with Crippen LogP contribution in [0, 0.1) is 5.92 Å². The number of unbranched alkanes of at least 4 members (excludes halogenated alkanes) is 6.